The molecule has 0 radical (unpaired) electrons. The van der Waals surface area contributed by atoms with Gasteiger partial charge >= 0.3 is 0 Å². The van der Waals surface area contributed by atoms with Crippen molar-refractivity contribution >= 4 is 16.9 Å². The molecule has 0 saturated carbocycles. The highest BCUT2D eigenvalue weighted by molar-refractivity contribution is 5.84. The maximum absolute atomic E-state index is 9.94. The van der Waals surface area contributed by atoms with Crippen molar-refractivity contribution in [1.29, 1.82) is 0 Å². The van der Waals surface area contributed by atoms with Gasteiger partial charge in [0.15, 0.2) is 11.9 Å². The standard InChI is InChI=1S/C10H13N5O4/c11-8-4-1-14-15(9(4)13-3-12-8)10-7(18)6(17)5(2-16)19-10/h1,3,5-7,10,16-18H,2H2,(H2,11,12,13)/t5-,6-,7+,10-/m1/s1. The first-order chi connectivity index (χ1) is 9.13. The summed E-state index contributed by atoms with van der Waals surface area (Å²) in [4.78, 5) is 7.86. The first-order valence-corrected chi connectivity index (χ1v) is 5.69. The SMILES string of the molecule is Nc1ncnc2c1cnn2[C@@H]1O[C@H](CO)[C@@H](O)[C@@H]1O. The number of nitrogen functional groups attached to an aromatic ring is 1. The fraction of sp³-hybridized carbons (Fsp3) is 0.500. The molecule has 0 unspecified atom stereocenters. The maximum atomic E-state index is 9.94. The quantitative estimate of drug-likeness (QED) is 0.491. The first kappa shape index (κ1) is 12.2. The molecule has 0 bridgehead atoms. The molecule has 4 atom stereocenters. The summed E-state index contributed by atoms with van der Waals surface area (Å²) in [5.41, 5.74) is 6.08. The number of aliphatic hydroxyl groups is 3. The van der Waals surface area contributed by atoms with E-state index in [0.717, 1.165) is 0 Å². The third-order valence-corrected chi connectivity index (χ3v) is 3.18. The number of rotatable bonds is 2. The summed E-state index contributed by atoms with van der Waals surface area (Å²) in [6.45, 7) is -0.398. The molecule has 3 heterocycles. The van der Waals surface area contributed by atoms with Gasteiger partial charge in [0.1, 0.15) is 30.5 Å². The summed E-state index contributed by atoms with van der Waals surface area (Å²) in [5, 5.41) is 33.3. The number of fused-ring (bicyclic) bond motifs is 1. The molecule has 0 aliphatic carbocycles. The van der Waals surface area contributed by atoms with Crippen molar-refractivity contribution in [3.8, 4) is 0 Å². The van der Waals surface area contributed by atoms with Gasteiger partial charge in [-0.2, -0.15) is 5.10 Å². The van der Waals surface area contributed by atoms with Gasteiger partial charge in [0.2, 0.25) is 0 Å². The molecule has 1 aliphatic rings. The van der Waals surface area contributed by atoms with E-state index in [9.17, 15) is 10.2 Å². The lowest BCUT2D eigenvalue weighted by Crippen LogP contribution is -2.33. The van der Waals surface area contributed by atoms with Crippen LogP contribution < -0.4 is 5.73 Å². The molecule has 2 aromatic heterocycles. The summed E-state index contributed by atoms with van der Waals surface area (Å²) in [6, 6.07) is 0. The van der Waals surface area contributed by atoms with E-state index < -0.39 is 31.1 Å². The van der Waals surface area contributed by atoms with Gasteiger partial charge in [0.05, 0.1) is 18.2 Å². The predicted octanol–water partition coefficient (Wildman–Crippen LogP) is -1.98. The molecule has 2 aromatic rings. The summed E-state index contributed by atoms with van der Waals surface area (Å²) in [7, 11) is 0. The zero-order chi connectivity index (χ0) is 13.6. The Hall–Kier alpha value is -1.81. The van der Waals surface area contributed by atoms with Crippen molar-refractivity contribution in [1.82, 2.24) is 19.7 Å². The van der Waals surface area contributed by atoms with Gasteiger partial charge in [0.25, 0.3) is 0 Å². The highest BCUT2D eigenvalue weighted by atomic mass is 16.6. The Morgan fingerprint density at radius 2 is 2.11 bits per heavy atom. The monoisotopic (exact) mass is 267 g/mol. The van der Waals surface area contributed by atoms with Crippen LogP contribution in [0.1, 0.15) is 6.23 Å². The summed E-state index contributed by atoms with van der Waals surface area (Å²) < 4.78 is 6.69. The van der Waals surface area contributed by atoms with Crippen molar-refractivity contribution in [2.45, 2.75) is 24.5 Å². The van der Waals surface area contributed by atoms with Gasteiger partial charge in [0, 0.05) is 0 Å². The smallest absolute Gasteiger partial charge is 0.181 e. The molecule has 0 spiro atoms. The van der Waals surface area contributed by atoms with Gasteiger partial charge in [-0.1, -0.05) is 0 Å². The van der Waals surface area contributed by atoms with Crippen molar-refractivity contribution in [3.63, 3.8) is 0 Å². The number of hydrogen-bond donors (Lipinski definition) is 4. The number of nitrogens with two attached hydrogens (primary N) is 1. The Morgan fingerprint density at radius 3 is 2.79 bits per heavy atom. The average molecular weight is 267 g/mol. The number of aliphatic hydroxyl groups excluding tert-OH is 3. The van der Waals surface area contributed by atoms with Crippen LogP contribution in [0, 0.1) is 0 Å². The Morgan fingerprint density at radius 1 is 1.32 bits per heavy atom. The van der Waals surface area contributed by atoms with E-state index in [1.807, 2.05) is 0 Å². The van der Waals surface area contributed by atoms with Crippen LogP contribution in [0.25, 0.3) is 11.0 Å². The summed E-state index contributed by atoms with van der Waals surface area (Å²) in [5.74, 6) is 0.267. The molecule has 19 heavy (non-hydrogen) atoms. The minimum absolute atomic E-state index is 0.267. The molecule has 1 aliphatic heterocycles. The molecule has 1 fully saturated rings. The fourth-order valence-electron chi connectivity index (χ4n) is 2.15. The highest BCUT2D eigenvalue weighted by Crippen LogP contribution is 2.31. The Kier molecular flexibility index (Phi) is 2.82. The van der Waals surface area contributed by atoms with Crippen molar-refractivity contribution < 1.29 is 20.1 Å². The second kappa shape index (κ2) is 4.38. The van der Waals surface area contributed by atoms with E-state index in [1.165, 1.54) is 17.2 Å². The third kappa shape index (κ3) is 1.75. The van der Waals surface area contributed by atoms with Gasteiger partial charge in [-0.25, -0.2) is 14.6 Å². The van der Waals surface area contributed by atoms with E-state index >= 15 is 0 Å². The van der Waals surface area contributed by atoms with E-state index in [4.69, 9.17) is 15.6 Å². The minimum Gasteiger partial charge on any atom is -0.394 e. The normalized spacial score (nSPS) is 31.1. The van der Waals surface area contributed by atoms with Gasteiger partial charge in [-0.15, -0.1) is 0 Å². The predicted molar refractivity (Wildman–Crippen MR) is 62.7 cm³/mol. The molecule has 102 valence electrons. The van der Waals surface area contributed by atoms with Crippen LogP contribution >= 0.6 is 0 Å². The van der Waals surface area contributed by atoms with Crippen LogP contribution in [0.5, 0.6) is 0 Å². The van der Waals surface area contributed by atoms with Crippen molar-refractivity contribution in [2.75, 3.05) is 12.3 Å². The van der Waals surface area contributed by atoms with Gasteiger partial charge in [-0.3, -0.25) is 0 Å². The second-order valence-corrected chi connectivity index (χ2v) is 4.31. The van der Waals surface area contributed by atoms with Gasteiger partial charge < -0.3 is 25.8 Å². The van der Waals surface area contributed by atoms with Crippen molar-refractivity contribution in [2.24, 2.45) is 0 Å². The lowest BCUT2D eigenvalue weighted by atomic mass is 10.1. The molecular formula is C10H13N5O4. The Labute approximate surface area is 107 Å². The van der Waals surface area contributed by atoms with Crippen LogP contribution in [0.3, 0.4) is 0 Å². The Balaban J connectivity index is 2.04. The summed E-state index contributed by atoms with van der Waals surface area (Å²) in [6.07, 6.45) is -1.46. The molecule has 5 N–H and O–H groups in total. The average Bonchev–Trinajstić information content (AvgIpc) is 2.94. The molecule has 0 amide bonds. The zero-order valence-corrected chi connectivity index (χ0v) is 9.79. The molecular weight excluding hydrogens is 254 g/mol. The topological polar surface area (TPSA) is 140 Å². The van der Waals surface area contributed by atoms with Crippen LogP contribution in [0.4, 0.5) is 5.82 Å². The van der Waals surface area contributed by atoms with E-state index in [1.54, 1.807) is 0 Å². The number of nitrogens with zero attached hydrogens (tertiary/aromatic N) is 4. The van der Waals surface area contributed by atoms with E-state index in [-0.39, 0.29) is 5.82 Å². The molecule has 1 saturated heterocycles. The lowest BCUT2D eigenvalue weighted by molar-refractivity contribution is -0.0566. The second-order valence-electron chi connectivity index (χ2n) is 4.31. The van der Waals surface area contributed by atoms with E-state index in [2.05, 4.69) is 15.1 Å². The highest BCUT2D eigenvalue weighted by Gasteiger charge is 2.44. The molecule has 3 rings (SSSR count). The van der Waals surface area contributed by atoms with Crippen LogP contribution in [0.15, 0.2) is 12.5 Å². The zero-order valence-electron chi connectivity index (χ0n) is 9.79. The van der Waals surface area contributed by atoms with Gasteiger partial charge in [-0.05, 0) is 0 Å². The molecule has 9 heteroatoms. The maximum Gasteiger partial charge on any atom is 0.181 e. The van der Waals surface area contributed by atoms with Crippen LogP contribution in [0.2, 0.25) is 0 Å². The third-order valence-electron chi connectivity index (χ3n) is 3.18. The van der Waals surface area contributed by atoms with Crippen LogP contribution in [-0.2, 0) is 4.74 Å². The van der Waals surface area contributed by atoms with Crippen LogP contribution in [-0.4, -0.2) is 60.0 Å². The summed E-state index contributed by atoms with van der Waals surface area (Å²) >= 11 is 0. The lowest BCUT2D eigenvalue weighted by Gasteiger charge is -2.15. The number of anilines is 1. The number of ether oxygens (including phenoxy) is 1. The number of aromatic nitrogens is 4. The van der Waals surface area contributed by atoms with E-state index in [0.29, 0.717) is 11.0 Å². The first-order valence-electron chi connectivity index (χ1n) is 5.69. The van der Waals surface area contributed by atoms with Crippen molar-refractivity contribution in [3.05, 3.63) is 12.5 Å². The fourth-order valence-corrected chi connectivity index (χ4v) is 2.15. The Bertz CT molecular complexity index is 603. The molecule has 9 nitrogen and oxygen atoms in total. The largest absolute Gasteiger partial charge is 0.394 e. The molecule has 0 aromatic carbocycles. The minimum atomic E-state index is -1.21. The number of hydrogen-bond acceptors (Lipinski definition) is 8.